The second kappa shape index (κ2) is 3.44. The topological polar surface area (TPSA) is 35.5 Å². The molecule has 0 atom stereocenters. The Morgan fingerprint density at radius 1 is 1.40 bits per heavy atom. The van der Waals surface area contributed by atoms with Crippen molar-refractivity contribution in [3.63, 3.8) is 0 Å². The van der Waals surface area contributed by atoms with Crippen LogP contribution in [0, 0.1) is 6.61 Å². The van der Waals surface area contributed by atoms with Gasteiger partial charge >= 0.3 is 6.16 Å². The normalized spacial score (nSPS) is 10.8. The predicted octanol–water partition coefficient (Wildman–Crippen LogP) is 2.12. The number of carbonyl (C=O) groups excluding carboxylic acids is 1. The van der Waals surface area contributed by atoms with Gasteiger partial charge in [0.25, 0.3) is 0 Å². The first kappa shape index (κ1) is 9.27. The molecule has 59 valence electrons. The molecule has 1 radical (unpaired) electrons. The average Bonchev–Trinajstić information content (AvgIpc) is 1.59. The first-order valence-corrected chi connectivity index (χ1v) is 3.13. The molecule has 0 saturated heterocycles. The van der Waals surface area contributed by atoms with E-state index in [1.807, 2.05) is 0 Å². The van der Waals surface area contributed by atoms with Gasteiger partial charge in [-0.25, -0.2) is 4.79 Å². The van der Waals surface area contributed by atoms with E-state index in [2.05, 4.69) is 4.74 Å². The molecule has 0 aliphatic rings. The minimum Gasteiger partial charge on any atom is -0.429 e. The molecular formula is C7H13O3. The number of carbonyl (C=O) groups is 1. The Morgan fingerprint density at radius 3 is 2.20 bits per heavy atom. The van der Waals surface area contributed by atoms with Gasteiger partial charge in [-0.1, -0.05) is 0 Å². The predicted molar refractivity (Wildman–Crippen MR) is 37.3 cm³/mol. The van der Waals surface area contributed by atoms with Gasteiger partial charge < -0.3 is 9.47 Å². The highest BCUT2D eigenvalue weighted by Crippen LogP contribution is 2.07. The van der Waals surface area contributed by atoms with Gasteiger partial charge in [0.15, 0.2) is 0 Å². The fraction of sp³-hybridized carbons (Fsp3) is 0.714. The highest BCUT2D eigenvalue weighted by atomic mass is 16.7. The van der Waals surface area contributed by atoms with Crippen molar-refractivity contribution >= 4 is 6.16 Å². The van der Waals surface area contributed by atoms with Crippen molar-refractivity contribution in [1.29, 1.82) is 0 Å². The van der Waals surface area contributed by atoms with Gasteiger partial charge in [0.05, 0.1) is 0 Å². The van der Waals surface area contributed by atoms with E-state index >= 15 is 0 Å². The molecule has 0 bridgehead atoms. The molecule has 0 amide bonds. The van der Waals surface area contributed by atoms with E-state index in [1.54, 1.807) is 27.7 Å². The van der Waals surface area contributed by atoms with Gasteiger partial charge in [-0.2, -0.15) is 0 Å². The summed E-state index contributed by atoms with van der Waals surface area (Å²) in [6.07, 6.45) is -0.657. The lowest BCUT2D eigenvalue weighted by Gasteiger charge is -2.17. The molecule has 0 spiro atoms. The third-order valence-electron chi connectivity index (χ3n) is 0.604. The monoisotopic (exact) mass is 145 g/mol. The molecule has 0 unspecified atom stereocenters. The van der Waals surface area contributed by atoms with Gasteiger partial charge in [-0.3, -0.25) is 0 Å². The fourth-order valence-corrected chi connectivity index (χ4v) is 0.370. The van der Waals surface area contributed by atoms with Crippen LogP contribution in [-0.2, 0) is 9.47 Å². The van der Waals surface area contributed by atoms with E-state index in [9.17, 15) is 4.79 Å². The van der Waals surface area contributed by atoms with Crippen molar-refractivity contribution in [3.05, 3.63) is 6.61 Å². The van der Waals surface area contributed by atoms with Crippen LogP contribution < -0.4 is 0 Å². The Balaban J connectivity index is 3.58. The van der Waals surface area contributed by atoms with Crippen molar-refractivity contribution in [2.24, 2.45) is 0 Å². The fourth-order valence-electron chi connectivity index (χ4n) is 0.370. The van der Waals surface area contributed by atoms with Crippen LogP contribution in [-0.4, -0.2) is 11.8 Å². The molecule has 0 aliphatic carbocycles. The first-order valence-electron chi connectivity index (χ1n) is 3.13. The van der Waals surface area contributed by atoms with Crippen LogP contribution in [0.25, 0.3) is 0 Å². The summed E-state index contributed by atoms with van der Waals surface area (Å²) in [6.45, 7) is 8.25. The van der Waals surface area contributed by atoms with Gasteiger partial charge in [0, 0.05) is 0 Å². The molecular weight excluding hydrogens is 132 g/mol. The summed E-state index contributed by atoms with van der Waals surface area (Å²) < 4.78 is 9.22. The molecule has 0 aromatic rings. The second-order valence-electron chi connectivity index (χ2n) is 2.82. The summed E-state index contributed by atoms with van der Waals surface area (Å²) in [5, 5.41) is 0. The SMILES string of the molecule is C[CH]OC(=O)OC(C)(C)C. The zero-order valence-electron chi connectivity index (χ0n) is 6.80. The van der Waals surface area contributed by atoms with E-state index in [4.69, 9.17) is 4.74 Å². The molecule has 0 fully saturated rings. The third kappa shape index (κ3) is 5.41. The quantitative estimate of drug-likeness (QED) is 0.530. The largest absolute Gasteiger partial charge is 0.509 e. The van der Waals surface area contributed by atoms with Crippen molar-refractivity contribution < 1.29 is 14.3 Å². The lowest BCUT2D eigenvalue weighted by molar-refractivity contribution is 0.00497. The first-order chi connectivity index (χ1) is 4.45. The van der Waals surface area contributed by atoms with Crippen LogP contribution >= 0.6 is 0 Å². The van der Waals surface area contributed by atoms with Gasteiger partial charge in [0.1, 0.15) is 12.2 Å². The summed E-state index contributed by atoms with van der Waals surface area (Å²) >= 11 is 0. The maximum Gasteiger partial charge on any atom is 0.509 e. The van der Waals surface area contributed by atoms with Crippen molar-refractivity contribution in [2.45, 2.75) is 33.3 Å². The third-order valence-corrected chi connectivity index (χ3v) is 0.604. The van der Waals surface area contributed by atoms with Gasteiger partial charge in [0.2, 0.25) is 0 Å². The molecule has 0 aliphatic heterocycles. The van der Waals surface area contributed by atoms with E-state index in [1.165, 1.54) is 6.61 Å². The lowest BCUT2D eigenvalue weighted by atomic mass is 10.2. The van der Waals surface area contributed by atoms with Gasteiger partial charge in [-0.05, 0) is 27.7 Å². The molecule has 0 aromatic carbocycles. The van der Waals surface area contributed by atoms with Crippen LogP contribution in [0.2, 0.25) is 0 Å². The molecule has 0 N–H and O–H groups in total. The summed E-state index contributed by atoms with van der Waals surface area (Å²) in [6, 6.07) is 0. The van der Waals surface area contributed by atoms with E-state index in [-0.39, 0.29) is 0 Å². The minimum atomic E-state index is -0.657. The summed E-state index contributed by atoms with van der Waals surface area (Å²) in [5.74, 6) is 0. The molecule has 0 saturated carbocycles. The molecule has 10 heavy (non-hydrogen) atoms. The Bertz CT molecular complexity index is 113. The Kier molecular flexibility index (Phi) is 3.19. The lowest BCUT2D eigenvalue weighted by Crippen LogP contribution is -2.23. The average molecular weight is 145 g/mol. The summed E-state index contributed by atoms with van der Waals surface area (Å²) in [4.78, 5) is 10.6. The number of ether oxygens (including phenoxy) is 2. The number of rotatable bonds is 1. The standard InChI is InChI=1S/C7H13O3/c1-5-9-6(8)10-7(2,3)4/h5H,1-4H3. The Hall–Kier alpha value is -0.730. The number of hydrogen-bond donors (Lipinski definition) is 0. The van der Waals surface area contributed by atoms with E-state index < -0.39 is 11.8 Å². The number of hydrogen-bond acceptors (Lipinski definition) is 3. The summed E-state index contributed by atoms with van der Waals surface area (Å²) in [5.41, 5.74) is -0.472. The van der Waals surface area contributed by atoms with E-state index in [0.29, 0.717) is 0 Å². The maximum atomic E-state index is 10.6. The van der Waals surface area contributed by atoms with Crippen molar-refractivity contribution in [1.82, 2.24) is 0 Å². The van der Waals surface area contributed by atoms with Crippen LogP contribution in [0.3, 0.4) is 0 Å². The zero-order chi connectivity index (χ0) is 8.20. The highest BCUT2D eigenvalue weighted by molar-refractivity contribution is 5.60. The molecule has 0 aromatic heterocycles. The van der Waals surface area contributed by atoms with Crippen molar-refractivity contribution in [3.8, 4) is 0 Å². The van der Waals surface area contributed by atoms with Crippen LogP contribution in [0.15, 0.2) is 0 Å². The second-order valence-corrected chi connectivity index (χ2v) is 2.82. The van der Waals surface area contributed by atoms with Crippen molar-refractivity contribution in [2.75, 3.05) is 0 Å². The summed E-state index contributed by atoms with van der Waals surface area (Å²) in [7, 11) is 0. The molecule has 3 heteroatoms. The molecule has 3 nitrogen and oxygen atoms in total. The van der Waals surface area contributed by atoms with Crippen LogP contribution in [0.5, 0.6) is 0 Å². The molecule has 0 heterocycles. The zero-order valence-corrected chi connectivity index (χ0v) is 6.80. The smallest absolute Gasteiger partial charge is 0.429 e. The maximum absolute atomic E-state index is 10.6. The molecule has 0 rings (SSSR count). The Morgan fingerprint density at radius 2 is 1.90 bits per heavy atom. The van der Waals surface area contributed by atoms with Crippen LogP contribution in [0.1, 0.15) is 27.7 Å². The van der Waals surface area contributed by atoms with Gasteiger partial charge in [-0.15, -0.1) is 0 Å². The Labute approximate surface area is 61.3 Å². The minimum absolute atomic E-state index is 0.472. The highest BCUT2D eigenvalue weighted by Gasteiger charge is 2.16. The van der Waals surface area contributed by atoms with E-state index in [0.717, 1.165) is 0 Å². The van der Waals surface area contributed by atoms with Crippen LogP contribution in [0.4, 0.5) is 4.79 Å².